The van der Waals surface area contributed by atoms with Gasteiger partial charge in [-0.15, -0.1) is 0 Å². The molecule has 0 radical (unpaired) electrons. The molecular weight excluding hydrogens is 355 g/mol. The summed E-state index contributed by atoms with van der Waals surface area (Å²) in [5.41, 5.74) is 1.75. The van der Waals surface area contributed by atoms with E-state index in [0.29, 0.717) is 17.3 Å². The lowest BCUT2D eigenvalue weighted by molar-refractivity contribution is -0.137. The first kappa shape index (κ1) is 18.5. The molecule has 5 nitrogen and oxygen atoms in total. The van der Waals surface area contributed by atoms with Crippen LogP contribution in [0.2, 0.25) is 0 Å². The molecule has 0 aliphatic heterocycles. The molecule has 0 spiro atoms. The van der Waals surface area contributed by atoms with Crippen molar-refractivity contribution in [3.63, 3.8) is 0 Å². The predicted molar refractivity (Wildman–Crippen MR) is 101 cm³/mol. The normalized spacial score (nSPS) is 11.1. The Balaban J connectivity index is 1.70. The van der Waals surface area contributed by atoms with E-state index in [1.54, 1.807) is 6.07 Å². The van der Waals surface area contributed by atoms with Gasteiger partial charge in [0, 0.05) is 37.2 Å². The van der Waals surface area contributed by atoms with Crippen LogP contribution in [0.1, 0.15) is 5.56 Å². The third-order valence-corrected chi connectivity index (χ3v) is 3.81. The first-order valence-corrected chi connectivity index (χ1v) is 8.12. The summed E-state index contributed by atoms with van der Waals surface area (Å²) in [6.45, 7) is 0. The Hall–Kier alpha value is -3.29. The SMILES string of the molecule is CN(C)c1ccc(Nc2cc(Nc3ccc(C(F)(F)F)cc3)ncn2)cc1. The molecule has 27 heavy (non-hydrogen) atoms. The van der Waals surface area contributed by atoms with Gasteiger partial charge in [0.2, 0.25) is 0 Å². The number of alkyl halides is 3. The highest BCUT2D eigenvalue weighted by Gasteiger charge is 2.29. The molecule has 0 amide bonds. The highest BCUT2D eigenvalue weighted by Crippen LogP contribution is 2.30. The number of nitrogens with one attached hydrogen (secondary N) is 2. The van der Waals surface area contributed by atoms with Gasteiger partial charge in [-0.1, -0.05) is 0 Å². The molecule has 3 rings (SSSR count). The zero-order chi connectivity index (χ0) is 19.4. The number of anilines is 5. The van der Waals surface area contributed by atoms with Crippen LogP contribution in [-0.2, 0) is 6.18 Å². The van der Waals surface area contributed by atoms with Gasteiger partial charge in [0.05, 0.1) is 5.56 Å². The Kier molecular flexibility index (Phi) is 5.16. The molecular formula is C19H18F3N5. The Morgan fingerprint density at radius 1 is 0.778 bits per heavy atom. The van der Waals surface area contributed by atoms with Crippen LogP contribution in [0.5, 0.6) is 0 Å². The van der Waals surface area contributed by atoms with Gasteiger partial charge in [-0.25, -0.2) is 9.97 Å². The van der Waals surface area contributed by atoms with E-state index in [1.807, 2.05) is 43.3 Å². The number of nitrogens with zero attached hydrogens (tertiary/aromatic N) is 3. The third-order valence-electron chi connectivity index (χ3n) is 3.81. The lowest BCUT2D eigenvalue weighted by atomic mass is 10.2. The molecule has 0 bridgehead atoms. The number of hydrogen-bond acceptors (Lipinski definition) is 5. The lowest BCUT2D eigenvalue weighted by Crippen LogP contribution is -2.08. The lowest BCUT2D eigenvalue weighted by Gasteiger charge is -2.13. The standard InChI is InChI=1S/C19H18F3N5/c1-27(2)16-9-7-15(8-10-16)26-18-11-17(23-12-24-18)25-14-5-3-13(4-6-14)19(20,21)22/h3-12H,1-2H3,(H2,23,24,25,26). The van der Waals surface area contributed by atoms with Crippen LogP contribution in [0.15, 0.2) is 60.9 Å². The van der Waals surface area contributed by atoms with Crippen molar-refractivity contribution in [1.82, 2.24) is 9.97 Å². The smallest absolute Gasteiger partial charge is 0.378 e. The predicted octanol–water partition coefficient (Wildman–Crippen LogP) is 5.05. The fourth-order valence-corrected chi connectivity index (χ4v) is 2.38. The minimum Gasteiger partial charge on any atom is -0.378 e. The minimum atomic E-state index is -4.35. The Morgan fingerprint density at radius 3 is 1.70 bits per heavy atom. The zero-order valence-corrected chi connectivity index (χ0v) is 14.7. The number of benzene rings is 2. The van der Waals surface area contributed by atoms with Gasteiger partial charge in [-0.2, -0.15) is 13.2 Å². The van der Waals surface area contributed by atoms with Crippen LogP contribution in [0.3, 0.4) is 0 Å². The van der Waals surface area contributed by atoms with Crippen LogP contribution in [0, 0.1) is 0 Å². The number of rotatable bonds is 5. The summed E-state index contributed by atoms with van der Waals surface area (Å²) in [5, 5.41) is 6.13. The average Bonchev–Trinajstić information content (AvgIpc) is 2.62. The second-order valence-electron chi connectivity index (χ2n) is 6.05. The first-order chi connectivity index (χ1) is 12.8. The maximum absolute atomic E-state index is 12.6. The van der Waals surface area contributed by atoms with Crippen LogP contribution >= 0.6 is 0 Å². The Bertz CT molecular complexity index is 890. The Morgan fingerprint density at radius 2 is 1.26 bits per heavy atom. The van der Waals surface area contributed by atoms with E-state index in [0.717, 1.165) is 23.5 Å². The monoisotopic (exact) mass is 373 g/mol. The second kappa shape index (κ2) is 7.53. The molecule has 0 atom stereocenters. The first-order valence-electron chi connectivity index (χ1n) is 8.12. The summed E-state index contributed by atoms with van der Waals surface area (Å²) in [5.74, 6) is 1.04. The topological polar surface area (TPSA) is 53.1 Å². The quantitative estimate of drug-likeness (QED) is 0.656. The van der Waals surface area contributed by atoms with Gasteiger partial charge in [-0.05, 0) is 48.5 Å². The average molecular weight is 373 g/mol. The number of halogens is 3. The molecule has 140 valence electrons. The van der Waals surface area contributed by atoms with E-state index < -0.39 is 11.7 Å². The van der Waals surface area contributed by atoms with Crippen LogP contribution in [0.4, 0.5) is 41.9 Å². The summed E-state index contributed by atoms with van der Waals surface area (Å²) in [6, 6.07) is 14.3. The highest BCUT2D eigenvalue weighted by atomic mass is 19.4. The van der Waals surface area contributed by atoms with Crippen LogP contribution in [0.25, 0.3) is 0 Å². The van der Waals surface area contributed by atoms with Crippen molar-refractivity contribution >= 4 is 28.7 Å². The summed E-state index contributed by atoms with van der Waals surface area (Å²) in [4.78, 5) is 10.3. The number of aromatic nitrogens is 2. The molecule has 2 aromatic carbocycles. The highest BCUT2D eigenvalue weighted by molar-refractivity contribution is 5.64. The van der Waals surface area contributed by atoms with Crippen LogP contribution in [-0.4, -0.2) is 24.1 Å². The zero-order valence-electron chi connectivity index (χ0n) is 14.7. The van der Waals surface area contributed by atoms with Crippen molar-refractivity contribution in [2.24, 2.45) is 0 Å². The van der Waals surface area contributed by atoms with Gasteiger partial charge in [0.15, 0.2) is 0 Å². The maximum Gasteiger partial charge on any atom is 0.416 e. The summed E-state index contributed by atoms with van der Waals surface area (Å²) < 4.78 is 37.9. The number of hydrogen-bond donors (Lipinski definition) is 2. The molecule has 0 aliphatic carbocycles. The van der Waals surface area contributed by atoms with Crippen molar-refractivity contribution in [1.29, 1.82) is 0 Å². The molecule has 0 fully saturated rings. The second-order valence-corrected chi connectivity index (χ2v) is 6.05. The Labute approximate surface area is 154 Å². The molecule has 0 unspecified atom stereocenters. The van der Waals surface area contributed by atoms with Gasteiger partial charge in [-0.3, -0.25) is 0 Å². The maximum atomic E-state index is 12.6. The van der Waals surface area contributed by atoms with Crippen molar-refractivity contribution < 1.29 is 13.2 Å². The van der Waals surface area contributed by atoms with Gasteiger partial charge in [0.1, 0.15) is 18.0 Å². The molecule has 0 saturated heterocycles. The molecule has 0 saturated carbocycles. The molecule has 3 aromatic rings. The van der Waals surface area contributed by atoms with E-state index in [2.05, 4.69) is 20.6 Å². The van der Waals surface area contributed by atoms with E-state index >= 15 is 0 Å². The summed E-state index contributed by atoms with van der Waals surface area (Å²) >= 11 is 0. The largest absolute Gasteiger partial charge is 0.416 e. The van der Waals surface area contributed by atoms with E-state index in [9.17, 15) is 13.2 Å². The van der Waals surface area contributed by atoms with Crippen LogP contribution < -0.4 is 15.5 Å². The van der Waals surface area contributed by atoms with Crippen molar-refractivity contribution in [3.05, 3.63) is 66.5 Å². The van der Waals surface area contributed by atoms with Gasteiger partial charge in [0.25, 0.3) is 0 Å². The van der Waals surface area contributed by atoms with Gasteiger partial charge < -0.3 is 15.5 Å². The van der Waals surface area contributed by atoms with Gasteiger partial charge >= 0.3 is 6.18 Å². The summed E-state index contributed by atoms with van der Waals surface area (Å²) in [6.07, 6.45) is -2.98. The molecule has 0 aliphatic rings. The van der Waals surface area contributed by atoms with E-state index in [1.165, 1.54) is 18.5 Å². The fourth-order valence-electron chi connectivity index (χ4n) is 2.38. The fraction of sp³-hybridized carbons (Fsp3) is 0.158. The van der Waals surface area contributed by atoms with Crippen molar-refractivity contribution in [3.8, 4) is 0 Å². The summed E-state index contributed by atoms with van der Waals surface area (Å²) in [7, 11) is 3.93. The van der Waals surface area contributed by atoms with E-state index in [4.69, 9.17) is 0 Å². The van der Waals surface area contributed by atoms with Crippen molar-refractivity contribution in [2.75, 3.05) is 29.6 Å². The minimum absolute atomic E-state index is 0.470. The molecule has 1 heterocycles. The molecule has 1 aromatic heterocycles. The molecule has 2 N–H and O–H groups in total. The third kappa shape index (κ3) is 4.87. The molecule has 8 heteroatoms. The van der Waals surface area contributed by atoms with Crippen molar-refractivity contribution in [2.45, 2.75) is 6.18 Å². The van der Waals surface area contributed by atoms with E-state index in [-0.39, 0.29) is 0 Å².